The Morgan fingerprint density at radius 1 is 1.14 bits per heavy atom. The molecular formula is C21H20FN3O4. The van der Waals surface area contributed by atoms with Crippen LogP contribution in [0.3, 0.4) is 0 Å². The van der Waals surface area contributed by atoms with Gasteiger partial charge in [-0.2, -0.15) is 0 Å². The number of imide groups is 1. The van der Waals surface area contributed by atoms with Gasteiger partial charge in [-0.1, -0.05) is 37.3 Å². The zero-order valence-corrected chi connectivity index (χ0v) is 16.0. The predicted octanol–water partition coefficient (Wildman–Crippen LogP) is 2.82. The first-order valence-corrected chi connectivity index (χ1v) is 9.08. The minimum absolute atomic E-state index is 0.204. The molecule has 0 aromatic heterocycles. The molecule has 2 aromatic rings. The molecule has 1 aliphatic rings. The first kappa shape index (κ1) is 20.2. The molecule has 1 atom stereocenters. The number of halogens is 1. The van der Waals surface area contributed by atoms with Crippen LogP contribution in [0.2, 0.25) is 0 Å². The summed E-state index contributed by atoms with van der Waals surface area (Å²) in [6.45, 7) is 2.45. The molecule has 0 radical (unpaired) electrons. The second-order valence-corrected chi connectivity index (χ2v) is 6.75. The molecule has 1 heterocycles. The van der Waals surface area contributed by atoms with E-state index in [2.05, 4.69) is 10.6 Å². The topological polar surface area (TPSA) is 95.6 Å². The molecule has 0 spiro atoms. The van der Waals surface area contributed by atoms with Crippen LogP contribution in [0.5, 0.6) is 0 Å². The van der Waals surface area contributed by atoms with Gasteiger partial charge in [-0.25, -0.2) is 9.18 Å². The van der Waals surface area contributed by atoms with Crippen molar-refractivity contribution in [2.45, 2.75) is 25.8 Å². The maximum atomic E-state index is 14.3. The van der Waals surface area contributed by atoms with E-state index in [1.165, 1.54) is 19.1 Å². The Morgan fingerprint density at radius 2 is 1.83 bits per heavy atom. The number of Topliss-reactive ketones (excluding diaryl/α,β-unsaturated/α-hetero) is 1. The van der Waals surface area contributed by atoms with Crippen molar-refractivity contribution in [2.75, 3.05) is 11.9 Å². The van der Waals surface area contributed by atoms with Crippen molar-refractivity contribution >= 4 is 29.3 Å². The molecule has 2 aromatic carbocycles. The number of amides is 4. The fraction of sp³-hybridized carbons (Fsp3) is 0.238. The van der Waals surface area contributed by atoms with Crippen LogP contribution in [-0.4, -0.2) is 35.1 Å². The van der Waals surface area contributed by atoms with E-state index in [4.69, 9.17) is 0 Å². The largest absolute Gasteiger partial charge is 0.326 e. The fourth-order valence-corrected chi connectivity index (χ4v) is 3.38. The second kappa shape index (κ2) is 7.83. The number of ketones is 1. The van der Waals surface area contributed by atoms with E-state index in [0.29, 0.717) is 12.0 Å². The van der Waals surface area contributed by atoms with Crippen molar-refractivity contribution in [2.24, 2.45) is 0 Å². The van der Waals surface area contributed by atoms with Gasteiger partial charge < -0.3 is 10.6 Å². The lowest BCUT2D eigenvalue weighted by Crippen LogP contribution is -2.43. The summed E-state index contributed by atoms with van der Waals surface area (Å²) in [6.07, 6.45) is 0.298. The van der Waals surface area contributed by atoms with Crippen LogP contribution in [0, 0.1) is 5.82 Å². The summed E-state index contributed by atoms with van der Waals surface area (Å²) in [7, 11) is 0. The third kappa shape index (κ3) is 3.73. The highest BCUT2D eigenvalue weighted by molar-refractivity contribution is 6.11. The molecule has 7 nitrogen and oxygen atoms in total. The summed E-state index contributed by atoms with van der Waals surface area (Å²) in [4.78, 5) is 50.0. The average molecular weight is 397 g/mol. The fourth-order valence-electron chi connectivity index (χ4n) is 3.38. The van der Waals surface area contributed by atoms with Crippen molar-refractivity contribution < 1.29 is 23.6 Å². The van der Waals surface area contributed by atoms with Gasteiger partial charge in [0.15, 0.2) is 5.78 Å². The van der Waals surface area contributed by atoms with Gasteiger partial charge >= 0.3 is 6.03 Å². The Morgan fingerprint density at radius 3 is 2.41 bits per heavy atom. The minimum atomic E-state index is -1.26. The number of hydrogen-bond donors (Lipinski definition) is 2. The molecule has 150 valence electrons. The van der Waals surface area contributed by atoms with Gasteiger partial charge in [0.25, 0.3) is 5.91 Å². The number of carbonyl (C=O) groups excluding carboxylic acids is 4. The summed E-state index contributed by atoms with van der Waals surface area (Å²) in [6, 6.07) is 11.7. The number of carbonyl (C=O) groups is 4. The Kier molecular flexibility index (Phi) is 5.45. The molecule has 0 unspecified atom stereocenters. The number of urea groups is 1. The van der Waals surface area contributed by atoms with E-state index in [9.17, 15) is 23.6 Å². The van der Waals surface area contributed by atoms with Crippen LogP contribution in [-0.2, 0) is 15.1 Å². The Labute approximate surface area is 166 Å². The van der Waals surface area contributed by atoms with Gasteiger partial charge in [-0.15, -0.1) is 0 Å². The van der Waals surface area contributed by atoms with E-state index >= 15 is 0 Å². The molecule has 0 aliphatic carbocycles. The van der Waals surface area contributed by atoms with Crippen LogP contribution in [0.1, 0.15) is 36.2 Å². The van der Waals surface area contributed by atoms with E-state index in [-0.39, 0.29) is 17.2 Å². The van der Waals surface area contributed by atoms with E-state index in [0.717, 1.165) is 11.0 Å². The van der Waals surface area contributed by atoms with Crippen LogP contribution >= 0.6 is 0 Å². The Balaban J connectivity index is 1.83. The number of nitrogens with one attached hydrogen (secondary N) is 2. The van der Waals surface area contributed by atoms with Crippen molar-refractivity contribution in [3.05, 3.63) is 65.5 Å². The Hall–Kier alpha value is -3.55. The molecule has 2 N–H and O–H groups in total. The summed E-state index contributed by atoms with van der Waals surface area (Å²) >= 11 is 0. The molecule has 1 fully saturated rings. The molecule has 29 heavy (non-hydrogen) atoms. The zero-order chi connectivity index (χ0) is 21.2. The molecular weight excluding hydrogens is 377 g/mol. The van der Waals surface area contributed by atoms with Gasteiger partial charge in [0.05, 0.1) is 12.1 Å². The maximum absolute atomic E-state index is 14.3. The number of rotatable bonds is 6. The highest BCUT2D eigenvalue weighted by Crippen LogP contribution is 2.32. The molecule has 1 saturated heterocycles. The number of hydrogen-bond acceptors (Lipinski definition) is 4. The SMILES string of the molecule is CC[C@@]1(c2ccccc2)NC(=O)N(CC(=O)c2ccc(NC(C)=O)cc2F)C1=O. The third-order valence-corrected chi connectivity index (χ3v) is 4.86. The second-order valence-electron chi connectivity index (χ2n) is 6.75. The summed E-state index contributed by atoms with van der Waals surface area (Å²) < 4.78 is 14.3. The minimum Gasteiger partial charge on any atom is -0.326 e. The average Bonchev–Trinajstić information content (AvgIpc) is 2.93. The van der Waals surface area contributed by atoms with Gasteiger partial charge in [0.1, 0.15) is 11.4 Å². The number of benzene rings is 2. The van der Waals surface area contributed by atoms with Crippen molar-refractivity contribution in [3.63, 3.8) is 0 Å². The maximum Gasteiger partial charge on any atom is 0.325 e. The van der Waals surface area contributed by atoms with Gasteiger partial charge in [0.2, 0.25) is 5.91 Å². The molecule has 1 aliphatic heterocycles. The number of nitrogens with zero attached hydrogens (tertiary/aromatic N) is 1. The highest BCUT2D eigenvalue weighted by atomic mass is 19.1. The smallest absolute Gasteiger partial charge is 0.325 e. The van der Waals surface area contributed by atoms with E-state index in [1.807, 2.05) is 0 Å². The van der Waals surface area contributed by atoms with Crippen LogP contribution in [0.4, 0.5) is 14.9 Å². The zero-order valence-electron chi connectivity index (χ0n) is 16.0. The molecule has 3 rings (SSSR count). The third-order valence-electron chi connectivity index (χ3n) is 4.86. The summed E-state index contributed by atoms with van der Waals surface area (Å²) in [5.41, 5.74) is -0.711. The van der Waals surface area contributed by atoms with Crippen LogP contribution in [0.25, 0.3) is 0 Å². The number of anilines is 1. The lowest BCUT2D eigenvalue weighted by molar-refractivity contribution is -0.131. The standard InChI is InChI=1S/C21H20FN3O4/c1-3-21(14-7-5-4-6-8-14)19(28)25(20(29)24-21)12-18(27)16-10-9-15(11-17(16)22)23-13(2)26/h4-11H,3,12H2,1-2H3,(H,23,26)(H,24,29)/t21-/m0/s1. The lowest BCUT2D eigenvalue weighted by atomic mass is 9.87. The monoisotopic (exact) mass is 397 g/mol. The van der Waals surface area contributed by atoms with Crippen molar-refractivity contribution in [3.8, 4) is 0 Å². The molecule has 0 saturated carbocycles. The van der Waals surface area contributed by atoms with Gasteiger partial charge in [-0.3, -0.25) is 19.3 Å². The van der Waals surface area contributed by atoms with E-state index < -0.39 is 35.6 Å². The summed E-state index contributed by atoms with van der Waals surface area (Å²) in [5.74, 6) is -2.50. The van der Waals surface area contributed by atoms with Crippen LogP contribution < -0.4 is 10.6 Å². The van der Waals surface area contributed by atoms with E-state index in [1.54, 1.807) is 37.3 Å². The van der Waals surface area contributed by atoms with Crippen molar-refractivity contribution in [1.82, 2.24) is 10.2 Å². The quantitative estimate of drug-likeness (QED) is 0.579. The highest BCUT2D eigenvalue weighted by Gasteiger charge is 2.51. The lowest BCUT2D eigenvalue weighted by Gasteiger charge is -2.25. The molecule has 8 heteroatoms. The van der Waals surface area contributed by atoms with Crippen molar-refractivity contribution in [1.29, 1.82) is 0 Å². The molecule has 0 bridgehead atoms. The van der Waals surface area contributed by atoms with Crippen LogP contribution in [0.15, 0.2) is 48.5 Å². The van der Waals surface area contributed by atoms with Gasteiger partial charge in [-0.05, 0) is 30.2 Å². The first-order chi connectivity index (χ1) is 13.8. The van der Waals surface area contributed by atoms with Gasteiger partial charge in [0, 0.05) is 12.6 Å². The Bertz CT molecular complexity index is 993. The predicted molar refractivity (Wildman–Crippen MR) is 104 cm³/mol. The summed E-state index contributed by atoms with van der Waals surface area (Å²) in [5, 5.41) is 5.10. The normalized spacial score (nSPS) is 18.5. The first-order valence-electron chi connectivity index (χ1n) is 9.08. The molecule has 4 amide bonds.